The molecule has 0 amide bonds. The molecule has 5 rings (SSSR count). The molecule has 142 valence electrons. The van der Waals surface area contributed by atoms with Gasteiger partial charge in [-0.3, -0.25) is 14.7 Å². The van der Waals surface area contributed by atoms with Gasteiger partial charge in [-0.1, -0.05) is 48.5 Å². The second kappa shape index (κ2) is 7.14. The predicted octanol–water partition coefficient (Wildman–Crippen LogP) is 5.17. The topological polar surface area (TPSA) is 33.2 Å². The van der Waals surface area contributed by atoms with Crippen molar-refractivity contribution in [3.8, 4) is 0 Å². The molecule has 3 heteroatoms. The first-order valence-electron chi connectivity index (χ1n) is 10.4. The van der Waals surface area contributed by atoms with Gasteiger partial charge in [0, 0.05) is 41.7 Å². The summed E-state index contributed by atoms with van der Waals surface area (Å²) in [7, 11) is 0. The number of benzene rings is 2. The van der Waals surface area contributed by atoms with E-state index in [1.54, 1.807) is 0 Å². The monoisotopic (exact) mass is 370 g/mol. The molecule has 2 atom stereocenters. The Labute approximate surface area is 166 Å². The van der Waals surface area contributed by atoms with E-state index in [0.717, 1.165) is 41.4 Å². The molecule has 2 aromatic carbocycles. The van der Waals surface area contributed by atoms with Gasteiger partial charge in [0.25, 0.3) is 0 Å². The number of piperidine rings is 1. The van der Waals surface area contributed by atoms with Crippen LogP contribution in [0.4, 0.5) is 0 Å². The van der Waals surface area contributed by atoms with Crippen LogP contribution in [-0.4, -0.2) is 27.8 Å². The SMILES string of the molecule is Cc1c(C(=O)C2CC3CCC(C2)N3Cc2ccccc2)ccc2cccnc12. The number of nitrogens with zero attached hydrogens (tertiary/aromatic N) is 2. The molecule has 2 unspecified atom stereocenters. The molecule has 3 nitrogen and oxygen atoms in total. The molecule has 3 aromatic rings. The molecular formula is C25H26N2O. The van der Waals surface area contributed by atoms with Crippen molar-refractivity contribution in [3.63, 3.8) is 0 Å². The normalized spacial score (nSPS) is 24.5. The maximum atomic E-state index is 13.4. The van der Waals surface area contributed by atoms with Crippen LogP contribution in [-0.2, 0) is 6.54 Å². The van der Waals surface area contributed by atoms with Crippen molar-refractivity contribution >= 4 is 16.7 Å². The molecule has 2 fully saturated rings. The number of carbonyl (C=O) groups is 1. The van der Waals surface area contributed by atoms with E-state index >= 15 is 0 Å². The second-order valence-electron chi connectivity index (χ2n) is 8.39. The molecule has 0 spiro atoms. The van der Waals surface area contributed by atoms with Gasteiger partial charge in [-0.2, -0.15) is 0 Å². The van der Waals surface area contributed by atoms with Gasteiger partial charge in [0.2, 0.25) is 0 Å². The Bertz CT molecular complexity index is 999. The summed E-state index contributed by atoms with van der Waals surface area (Å²) < 4.78 is 0. The summed E-state index contributed by atoms with van der Waals surface area (Å²) in [5.74, 6) is 0.464. The third-order valence-electron chi connectivity index (χ3n) is 6.76. The van der Waals surface area contributed by atoms with Crippen molar-refractivity contribution in [1.29, 1.82) is 0 Å². The maximum absolute atomic E-state index is 13.4. The minimum absolute atomic E-state index is 0.143. The van der Waals surface area contributed by atoms with Gasteiger partial charge in [-0.05, 0) is 49.8 Å². The third kappa shape index (κ3) is 3.04. The quantitative estimate of drug-likeness (QED) is 0.594. The fourth-order valence-electron chi connectivity index (χ4n) is 5.32. The molecule has 0 aliphatic carbocycles. The van der Waals surface area contributed by atoms with Gasteiger partial charge in [0.05, 0.1) is 5.52 Å². The summed E-state index contributed by atoms with van der Waals surface area (Å²) in [5, 5.41) is 1.11. The highest BCUT2D eigenvalue weighted by Gasteiger charge is 2.43. The molecule has 2 aliphatic heterocycles. The van der Waals surface area contributed by atoms with Gasteiger partial charge in [0.1, 0.15) is 0 Å². The predicted molar refractivity (Wildman–Crippen MR) is 112 cm³/mol. The number of fused-ring (bicyclic) bond motifs is 3. The largest absolute Gasteiger partial charge is 0.294 e. The van der Waals surface area contributed by atoms with E-state index in [0.29, 0.717) is 17.9 Å². The van der Waals surface area contributed by atoms with Gasteiger partial charge >= 0.3 is 0 Å². The molecule has 2 aliphatic rings. The standard InChI is InChI=1S/C25H26N2O/c1-17-23(12-9-19-8-5-13-26-24(17)19)25(28)20-14-21-10-11-22(15-20)27(21)16-18-6-3-2-4-7-18/h2-9,12-13,20-22H,10-11,14-16H2,1H3. The number of ketones is 1. The lowest BCUT2D eigenvalue weighted by Crippen LogP contribution is -2.44. The van der Waals surface area contributed by atoms with E-state index in [-0.39, 0.29) is 5.92 Å². The van der Waals surface area contributed by atoms with Crippen molar-refractivity contribution in [2.75, 3.05) is 0 Å². The molecular weight excluding hydrogens is 344 g/mol. The fraction of sp³-hybridized carbons (Fsp3) is 0.360. The van der Waals surface area contributed by atoms with Crippen LogP contribution in [0.1, 0.15) is 47.2 Å². The Morgan fingerprint density at radius 3 is 2.50 bits per heavy atom. The van der Waals surface area contributed by atoms with E-state index in [1.165, 1.54) is 18.4 Å². The van der Waals surface area contributed by atoms with Crippen LogP contribution >= 0.6 is 0 Å². The van der Waals surface area contributed by atoms with Crippen molar-refractivity contribution < 1.29 is 4.79 Å². The zero-order valence-corrected chi connectivity index (χ0v) is 16.3. The zero-order chi connectivity index (χ0) is 19.1. The van der Waals surface area contributed by atoms with E-state index in [2.05, 4.69) is 46.3 Å². The lowest BCUT2D eigenvalue weighted by molar-refractivity contribution is 0.0678. The molecule has 2 saturated heterocycles. The van der Waals surface area contributed by atoms with Crippen molar-refractivity contribution in [3.05, 3.63) is 77.5 Å². The highest BCUT2D eigenvalue weighted by atomic mass is 16.1. The van der Waals surface area contributed by atoms with Crippen LogP contribution in [0.2, 0.25) is 0 Å². The van der Waals surface area contributed by atoms with Gasteiger partial charge in [-0.15, -0.1) is 0 Å². The lowest BCUT2D eigenvalue weighted by atomic mass is 9.83. The van der Waals surface area contributed by atoms with Gasteiger partial charge in [0.15, 0.2) is 5.78 Å². The Morgan fingerprint density at radius 1 is 1.00 bits per heavy atom. The smallest absolute Gasteiger partial charge is 0.166 e. The van der Waals surface area contributed by atoms with Crippen LogP contribution in [0.3, 0.4) is 0 Å². The molecule has 2 bridgehead atoms. The Kier molecular flexibility index (Phi) is 4.48. The number of hydrogen-bond acceptors (Lipinski definition) is 3. The summed E-state index contributed by atoms with van der Waals surface area (Å²) in [5.41, 5.74) is 4.23. The highest BCUT2D eigenvalue weighted by Crippen LogP contribution is 2.41. The summed E-state index contributed by atoms with van der Waals surface area (Å²) >= 11 is 0. The average Bonchev–Trinajstić information content (AvgIpc) is 2.96. The summed E-state index contributed by atoms with van der Waals surface area (Å²) in [4.78, 5) is 20.6. The van der Waals surface area contributed by atoms with Crippen molar-refractivity contribution in [2.24, 2.45) is 5.92 Å². The Morgan fingerprint density at radius 2 is 1.75 bits per heavy atom. The third-order valence-corrected chi connectivity index (χ3v) is 6.76. The molecule has 28 heavy (non-hydrogen) atoms. The second-order valence-corrected chi connectivity index (χ2v) is 8.39. The minimum atomic E-state index is 0.143. The molecule has 0 saturated carbocycles. The number of Topliss-reactive ketones (excluding diaryl/α,β-unsaturated/α-hetero) is 1. The van der Waals surface area contributed by atoms with Crippen LogP contribution in [0.25, 0.3) is 10.9 Å². The van der Waals surface area contributed by atoms with E-state index < -0.39 is 0 Å². The number of aryl methyl sites for hydroxylation is 1. The zero-order valence-electron chi connectivity index (χ0n) is 16.3. The minimum Gasteiger partial charge on any atom is -0.294 e. The molecule has 3 heterocycles. The van der Waals surface area contributed by atoms with Crippen molar-refractivity contribution in [1.82, 2.24) is 9.88 Å². The Balaban J connectivity index is 1.36. The number of rotatable bonds is 4. The number of aromatic nitrogens is 1. The van der Waals surface area contributed by atoms with E-state index in [4.69, 9.17) is 0 Å². The lowest BCUT2D eigenvalue weighted by Gasteiger charge is -2.38. The fourth-order valence-corrected chi connectivity index (χ4v) is 5.32. The van der Waals surface area contributed by atoms with E-state index in [9.17, 15) is 4.79 Å². The molecule has 1 aromatic heterocycles. The first-order valence-corrected chi connectivity index (χ1v) is 10.4. The summed E-state index contributed by atoms with van der Waals surface area (Å²) in [6, 6.07) is 19.9. The number of carbonyl (C=O) groups excluding carboxylic acids is 1. The van der Waals surface area contributed by atoms with Crippen LogP contribution < -0.4 is 0 Å². The first-order chi connectivity index (χ1) is 13.7. The van der Waals surface area contributed by atoms with Gasteiger partial charge in [-0.25, -0.2) is 0 Å². The van der Waals surface area contributed by atoms with Crippen LogP contribution in [0.15, 0.2) is 60.8 Å². The summed E-state index contributed by atoms with van der Waals surface area (Å²) in [6.45, 7) is 3.05. The number of hydrogen-bond donors (Lipinski definition) is 0. The van der Waals surface area contributed by atoms with E-state index in [1.807, 2.05) is 31.3 Å². The average molecular weight is 370 g/mol. The first kappa shape index (κ1) is 17.6. The van der Waals surface area contributed by atoms with Crippen molar-refractivity contribution in [2.45, 2.75) is 51.2 Å². The van der Waals surface area contributed by atoms with Crippen LogP contribution in [0, 0.1) is 12.8 Å². The Hall–Kier alpha value is -2.52. The van der Waals surface area contributed by atoms with Gasteiger partial charge < -0.3 is 0 Å². The molecule has 0 radical (unpaired) electrons. The summed E-state index contributed by atoms with van der Waals surface area (Å²) in [6.07, 6.45) is 6.23. The maximum Gasteiger partial charge on any atom is 0.166 e. The number of pyridine rings is 1. The molecule has 0 N–H and O–H groups in total. The van der Waals surface area contributed by atoms with Crippen LogP contribution in [0.5, 0.6) is 0 Å². The highest BCUT2D eigenvalue weighted by molar-refractivity contribution is 6.03.